The van der Waals surface area contributed by atoms with Crippen LogP contribution in [0.5, 0.6) is 0 Å². The summed E-state index contributed by atoms with van der Waals surface area (Å²) in [4.78, 5) is 15.2. The van der Waals surface area contributed by atoms with Gasteiger partial charge in [-0.05, 0) is 99.6 Å². The molecular weight excluding hydrogens is 643 g/mol. The van der Waals surface area contributed by atoms with Crippen molar-refractivity contribution in [3.05, 3.63) is 174 Å². The van der Waals surface area contributed by atoms with Crippen LogP contribution in [0.15, 0.2) is 163 Å². The number of hydrogen-bond acceptors (Lipinski definition) is 3. The van der Waals surface area contributed by atoms with Crippen molar-refractivity contribution < 1.29 is 0 Å². The molecule has 0 amide bonds. The summed E-state index contributed by atoms with van der Waals surface area (Å²) < 4.78 is 0. The van der Waals surface area contributed by atoms with E-state index in [0.717, 1.165) is 39.7 Å². The topological polar surface area (TPSA) is 38.7 Å². The Bertz CT molecular complexity index is 2570. The van der Waals surface area contributed by atoms with E-state index in [9.17, 15) is 0 Å². The van der Waals surface area contributed by atoms with Crippen LogP contribution in [0, 0.1) is 23.7 Å². The Morgan fingerprint density at radius 3 is 1.77 bits per heavy atom. The van der Waals surface area contributed by atoms with Crippen LogP contribution in [-0.4, -0.2) is 15.0 Å². The summed E-state index contributed by atoms with van der Waals surface area (Å²) in [5, 5.41) is 0. The highest BCUT2D eigenvalue weighted by molar-refractivity contribution is 5.88. The van der Waals surface area contributed by atoms with E-state index in [0.29, 0.717) is 29.3 Å². The Labute approximate surface area is 311 Å². The van der Waals surface area contributed by atoms with Gasteiger partial charge in [0.1, 0.15) is 0 Å². The molecule has 5 atom stereocenters. The molecule has 7 aromatic rings. The second-order valence-corrected chi connectivity index (χ2v) is 15.7. The third-order valence-corrected chi connectivity index (χ3v) is 12.7. The van der Waals surface area contributed by atoms with Gasteiger partial charge in [-0.3, -0.25) is 0 Å². The Hall–Kier alpha value is -5.93. The summed E-state index contributed by atoms with van der Waals surface area (Å²) in [6.07, 6.45) is 6.77. The minimum absolute atomic E-state index is 0.0504. The fourth-order valence-corrected chi connectivity index (χ4v) is 10.6. The monoisotopic (exact) mass is 681 g/mol. The van der Waals surface area contributed by atoms with Crippen molar-refractivity contribution in [3.8, 4) is 67.5 Å². The number of allylic oxidation sites excluding steroid dienone is 2. The molecular formula is C50H39N3. The van der Waals surface area contributed by atoms with Crippen molar-refractivity contribution in [1.29, 1.82) is 0 Å². The molecule has 1 spiro atoms. The predicted molar refractivity (Wildman–Crippen MR) is 215 cm³/mol. The fraction of sp³-hybridized carbons (Fsp3) is 0.180. The van der Waals surface area contributed by atoms with E-state index in [-0.39, 0.29) is 5.41 Å². The average Bonchev–Trinajstić information content (AvgIpc) is 3.69. The Morgan fingerprint density at radius 2 is 1.00 bits per heavy atom. The third-order valence-electron chi connectivity index (χ3n) is 12.7. The number of aromatic nitrogens is 3. The molecule has 6 aromatic carbocycles. The summed E-state index contributed by atoms with van der Waals surface area (Å²) in [7, 11) is 0. The molecule has 0 radical (unpaired) electrons. The maximum absolute atomic E-state index is 5.10. The molecule has 3 heteroatoms. The molecule has 254 valence electrons. The summed E-state index contributed by atoms with van der Waals surface area (Å²) in [6.45, 7) is 2.44. The highest BCUT2D eigenvalue weighted by Crippen LogP contribution is 2.73. The van der Waals surface area contributed by atoms with Crippen LogP contribution in [0.3, 0.4) is 0 Å². The van der Waals surface area contributed by atoms with Gasteiger partial charge in [0.15, 0.2) is 17.5 Å². The molecule has 53 heavy (non-hydrogen) atoms. The van der Waals surface area contributed by atoms with Crippen LogP contribution in [-0.2, 0) is 5.41 Å². The quantitative estimate of drug-likeness (QED) is 0.170. The lowest BCUT2D eigenvalue weighted by Crippen LogP contribution is -2.51. The van der Waals surface area contributed by atoms with Gasteiger partial charge >= 0.3 is 0 Å². The van der Waals surface area contributed by atoms with Gasteiger partial charge in [-0.15, -0.1) is 0 Å². The SMILES string of the molecule is CC1C=C2C3CC(C1)CC3C21c2ccccc2-c2cc(-c3cccc(-c4nc(-c5ccccc5)nc(-c5ccc(-c6ccccc6)cc5)n4)c3)ccc21. The zero-order valence-electron chi connectivity index (χ0n) is 29.8. The first kappa shape index (κ1) is 30.7. The second-order valence-electron chi connectivity index (χ2n) is 15.7. The molecule has 4 aliphatic carbocycles. The van der Waals surface area contributed by atoms with Crippen LogP contribution in [0.1, 0.15) is 37.3 Å². The normalized spacial score (nSPS) is 23.2. The lowest BCUT2D eigenvalue weighted by molar-refractivity contribution is 0.193. The number of nitrogens with zero attached hydrogens (tertiary/aromatic N) is 3. The van der Waals surface area contributed by atoms with Crippen molar-refractivity contribution in [3.63, 3.8) is 0 Å². The van der Waals surface area contributed by atoms with Crippen molar-refractivity contribution in [1.82, 2.24) is 15.0 Å². The minimum atomic E-state index is 0.0504. The van der Waals surface area contributed by atoms with Crippen molar-refractivity contribution in [2.24, 2.45) is 23.7 Å². The van der Waals surface area contributed by atoms with E-state index >= 15 is 0 Å². The number of fused-ring (bicyclic) bond motifs is 8. The van der Waals surface area contributed by atoms with Crippen LogP contribution < -0.4 is 0 Å². The van der Waals surface area contributed by atoms with Crippen LogP contribution in [0.25, 0.3) is 67.5 Å². The number of rotatable bonds is 5. The zero-order chi connectivity index (χ0) is 35.1. The van der Waals surface area contributed by atoms with E-state index < -0.39 is 0 Å². The van der Waals surface area contributed by atoms with Gasteiger partial charge < -0.3 is 0 Å². The van der Waals surface area contributed by atoms with Crippen LogP contribution >= 0.6 is 0 Å². The first-order valence-electron chi connectivity index (χ1n) is 19.2. The van der Waals surface area contributed by atoms with E-state index in [1.807, 2.05) is 24.3 Å². The highest BCUT2D eigenvalue weighted by atomic mass is 15.0. The van der Waals surface area contributed by atoms with Gasteiger partial charge in [-0.2, -0.15) is 0 Å². The molecule has 4 aliphatic rings. The zero-order valence-corrected chi connectivity index (χ0v) is 29.8. The smallest absolute Gasteiger partial charge is 0.164 e. The number of benzene rings is 6. The van der Waals surface area contributed by atoms with Crippen LogP contribution in [0.2, 0.25) is 0 Å². The molecule has 3 nitrogen and oxygen atoms in total. The van der Waals surface area contributed by atoms with E-state index in [1.54, 1.807) is 5.57 Å². The second kappa shape index (κ2) is 11.8. The van der Waals surface area contributed by atoms with Gasteiger partial charge in [-0.1, -0.05) is 158 Å². The standard InChI is InChI=1S/C50H39N3/c1-31-25-32-27-42-45(26-31)50(46(42)28-32)43-18-9-8-17-40(43)41-30-38(23-24-44(41)50)37-15-10-16-39(29-37)49-52-47(35-13-6-3-7-14-35)51-48(53-49)36-21-19-34(20-22-36)33-11-4-2-5-12-33/h2-24,26,29-32,42,46H,25,27-28H2,1H3. The summed E-state index contributed by atoms with van der Waals surface area (Å²) >= 11 is 0. The highest BCUT2D eigenvalue weighted by Gasteiger charge is 2.66. The van der Waals surface area contributed by atoms with E-state index in [1.165, 1.54) is 52.6 Å². The van der Waals surface area contributed by atoms with Crippen LogP contribution in [0.4, 0.5) is 0 Å². The molecule has 0 N–H and O–H groups in total. The molecule has 11 rings (SSSR count). The van der Waals surface area contributed by atoms with Gasteiger partial charge in [0, 0.05) is 22.1 Å². The van der Waals surface area contributed by atoms with E-state index in [2.05, 4.69) is 140 Å². The fourth-order valence-electron chi connectivity index (χ4n) is 10.6. The third kappa shape index (κ3) is 4.69. The molecule has 0 aliphatic heterocycles. The molecule has 1 aromatic heterocycles. The first-order chi connectivity index (χ1) is 26.1. The van der Waals surface area contributed by atoms with E-state index in [4.69, 9.17) is 15.0 Å². The molecule has 1 heterocycles. The Morgan fingerprint density at radius 1 is 0.453 bits per heavy atom. The Balaban J connectivity index is 1.00. The lowest BCUT2D eigenvalue weighted by atomic mass is 9.47. The van der Waals surface area contributed by atoms with Crippen molar-refractivity contribution >= 4 is 0 Å². The number of hydrogen-bond donors (Lipinski definition) is 0. The largest absolute Gasteiger partial charge is 0.208 e. The summed E-state index contributed by atoms with van der Waals surface area (Å²) in [6, 6.07) is 54.5. The average molecular weight is 682 g/mol. The van der Waals surface area contributed by atoms with Crippen molar-refractivity contribution in [2.75, 3.05) is 0 Å². The maximum atomic E-state index is 5.10. The molecule has 2 bridgehead atoms. The first-order valence-corrected chi connectivity index (χ1v) is 19.2. The molecule has 2 fully saturated rings. The van der Waals surface area contributed by atoms with Gasteiger partial charge in [0.25, 0.3) is 0 Å². The van der Waals surface area contributed by atoms with Gasteiger partial charge in [-0.25, -0.2) is 15.0 Å². The maximum Gasteiger partial charge on any atom is 0.164 e. The Kier molecular flexibility index (Phi) is 6.83. The molecule has 2 saturated carbocycles. The summed E-state index contributed by atoms with van der Waals surface area (Å²) in [5.41, 5.74) is 15.3. The molecule has 5 unspecified atom stereocenters. The van der Waals surface area contributed by atoms with Crippen molar-refractivity contribution in [2.45, 2.75) is 31.6 Å². The predicted octanol–water partition coefficient (Wildman–Crippen LogP) is 12.1. The van der Waals surface area contributed by atoms with Gasteiger partial charge in [0.05, 0.1) is 0 Å². The minimum Gasteiger partial charge on any atom is -0.208 e. The summed E-state index contributed by atoms with van der Waals surface area (Å²) in [5.74, 6) is 4.99. The molecule has 0 saturated heterocycles. The van der Waals surface area contributed by atoms with Gasteiger partial charge in [0.2, 0.25) is 0 Å². The lowest BCUT2D eigenvalue weighted by Gasteiger charge is -2.55.